The van der Waals surface area contributed by atoms with Crippen molar-refractivity contribution in [2.24, 2.45) is 0 Å². The van der Waals surface area contributed by atoms with Crippen molar-refractivity contribution >= 4 is 27.8 Å². The third-order valence-corrected chi connectivity index (χ3v) is 6.93. The van der Waals surface area contributed by atoms with Crippen LogP contribution < -0.4 is 5.32 Å². The molecule has 1 unspecified atom stereocenters. The minimum Gasteiger partial charge on any atom is -0.481 e. The molecule has 2 aromatic rings. The number of carbonyl (C=O) groups is 3. The summed E-state index contributed by atoms with van der Waals surface area (Å²) >= 11 is 0. The predicted molar refractivity (Wildman–Crippen MR) is 131 cm³/mol. The second kappa shape index (κ2) is 11.4. The molecule has 2 amide bonds. The van der Waals surface area contributed by atoms with E-state index in [1.165, 1.54) is 4.90 Å². The van der Waals surface area contributed by atoms with Crippen molar-refractivity contribution in [2.45, 2.75) is 31.7 Å². The van der Waals surface area contributed by atoms with Crippen molar-refractivity contribution in [1.82, 2.24) is 10.2 Å². The minimum absolute atomic E-state index is 0.0469. The predicted octanol–water partition coefficient (Wildman–Crippen LogP) is 2.65. The Balaban J connectivity index is 1.69. The van der Waals surface area contributed by atoms with E-state index in [1.54, 1.807) is 6.92 Å². The summed E-state index contributed by atoms with van der Waals surface area (Å²) in [5.74, 6) is -2.06. The number of carbonyl (C=O) groups excluding carboxylic acids is 2. The van der Waals surface area contributed by atoms with Crippen molar-refractivity contribution in [3.05, 3.63) is 59.7 Å². The molecule has 2 aromatic carbocycles. The summed E-state index contributed by atoms with van der Waals surface area (Å²) in [5.41, 5.74) is 4.24. The molecule has 0 aliphatic heterocycles. The fraction of sp³-hybridized carbons (Fsp3) is 0.400. The molecule has 35 heavy (non-hydrogen) atoms. The Morgan fingerprint density at radius 2 is 1.63 bits per heavy atom. The molecular weight excluding hydrogens is 472 g/mol. The third-order valence-electron chi connectivity index (χ3n) is 6.01. The van der Waals surface area contributed by atoms with Gasteiger partial charge in [-0.15, -0.1) is 0 Å². The number of carboxylic acid groups (broad SMARTS) is 1. The average Bonchev–Trinajstić information content (AvgIpc) is 3.13. The number of nitrogens with zero attached hydrogens (tertiary/aromatic N) is 1. The number of ether oxygens (including phenoxy) is 1. The van der Waals surface area contributed by atoms with Crippen LogP contribution >= 0.6 is 0 Å². The van der Waals surface area contributed by atoms with Crippen molar-refractivity contribution in [1.29, 1.82) is 0 Å². The lowest BCUT2D eigenvalue weighted by atomic mass is 9.98. The smallest absolute Gasteiger partial charge is 0.407 e. The van der Waals surface area contributed by atoms with E-state index < -0.39 is 33.8 Å². The SMILES string of the molecule is CCN(CCS(C)(=O)=O)C(=O)C(CCC(=O)O)NC(=O)OCC1c2ccccc2-c2ccccc21. The number of nitrogens with one attached hydrogen (secondary N) is 1. The topological polar surface area (TPSA) is 130 Å². The number of carboxylic acids is 1. The Bertz CT molecular complexity index is 1150. The van der Waals surface area contributed by atoms with E-state index in [1.807, 2.05) is 48.5 Å². The molecule has 9 nitrogen and oxygen atoms in total. The fourth-order valence-electron chi connectivity index (χ4n) is 4.23. The molecule has 0 saturated heterocycles. The maximum absolute atomic E-state index is 13.0. The van der Waals surface area contributed by atoms with Gasteiger partial charge in [0, 0.05) is 31.7 Å². The molecule has 2 N–H and O–H groups in total. The summed E-state index contributed by atoms with van der Waals surface area (Å²) in [6.45, 7) is 1.89. The number of likely N-dealkylation sites (N-methyl/N-ethyl adjacent to an activating group) is 1. The first-order valence-electron chi connectivity index (χ1n) is 11.4. The van der Waals surface area contributed by atoms with Crippen LogP contribution in [0.5, 0.6) is 0 Å². The zero-order chi connectivity index (χ0) is 25.6. The highest BCUT2D eigenvalue weighted by molar-refractivity contribution is 7.90. The van der Waals surface area contributed by atoms with Gasteiger partial charge in [-0.2, -0.15) is 0 Å². The molecule has 0 spiro atoms. The number of rotatable bonds is 11. The Kier molecular flexibility index (Phi) is 8.50. The highest BCUT2D eigenvalue weighted by Gasteiger charge is 2.31. The monoisotopic (exact) mass is 502 g/mol. The van der Waals surface area contributed by atoms with Gasteiger partial charge >= 0.3 is 12.1 Å². The summed E-state index contributed by atoms with van der Waals surface area (Å²) in [4.78, 5) is 38.0. The van der Waals surface area contributed by atoms with Gasteiger partial charge in [-0.05, 0) is 35.6 Å². The highest BCUT2D eigenvalue weighted by atomic mass is 32.2. The molecular formula is C25H30N2O7S. The third kappa shape index (κ3) is 6.82. The van der Waals surface area contributed by atoms with Crippen LogP contribution in [0.4, 0.5) is 4.79 Å². The second-order valence-corrected chi connectivity index (χ2v) is 10.8. The molecule has 0 bridgehead atoms. The molecule has 3 rings (SSSR count). The molecule has 0 radical (unpaired) electrons. The van der Waals surface area contributed by atoms with E-state index >= 15 is 0 Å². The van der Waals surface area contributed by atoms with Crippen LogP contribution in [-0.2, 0) is 24.2 Å². The van der Waals surface area contributed by atoms with Crippen molar-refractivity contribution in [3.63, 3.8) is 0 Å². The lowest BCUT2D eigenvalue weighted by Crippen LogP contribution is -2.50. The first-order valence-corrected chi connectivity index (χ1v) is 13.5. The van der Waals surface area contributed by atoms with Crippen LogP contribution in [0.15, 0.2) is 48.5 Å². The van der Waals surface area contributed by atoms with Crippen LogP contribution in [0.3, 0.4) is 0 Å². The number of amides is 2. The average molecular weight is 503 g/mol. The first kappa shape index (κ1) is 26.2. The summed E-state index contributed by atoms with van der Waals surface area (Å²) < 4.78 is 28.5. The van der Waals surface area contributed by atoms with Gasteiger partial charge in [0.2, 0.25) is 5.91 Å². The maximum atomic E-state index is 13.0. The molecule has 1 aliphatic carbocycles. The van der Waals surface area contributed by atoms with E-state index in [4.69, 9.17) is 9.84 Å². The van der Waals surface area contributed by atoms with E-state index in [-0.39, 0.29) is 44.2 Å². The lowest BCUT2D eigenvalue weighted by Gasteiger charge is -2.26. The standard InChI is InChI=1S/C25H30N2O7S/c1-3-27(14-15-35(2,32)33)24(30)22(12-13-23(28)29)26-25(31)34-16-21-19-10-6-4-8-17(19)18-9-5-7-11-20(18)21/h4-11,21-22H,3,12-16H2,1-2H3,(H,26,31)(H,28,29). The summed E-state index contributed by atoms with van der Waals surface area (Å²) in [6.07, 6.45) is -0.255. The lowest BCUT2D eigenvalue weighted by molar-refractivity contribution is -0.138. The molecule has 0 heterocycles. The van der Waals surface area contributed by atoms with Gasteiger partial charge in [0.25, 0.3) is 0 Å². The normalized spacial score (nSPS) is 13.4. The minimum atomic E-state index is -3.30. The van der Waals surface area contributed by atoms with Gasteiger partial charge in [0.05, 0.1) is 5.75 Å². The Labute approximate surface area is 205 Å². The maximum Gasteiger partial charge on any atom is 0.407 e. The number of alkyl carbamates (subject to hydrolysis) is 1. The number of aliphatic carboxylic acids is 1. The molecule has 0 saturated carbocycles. The van der Waals surface area contributed by atoms with Gasteiger partial charge in [-0.3, -0.25) is 9.59 Å². The number of benzene rings is 2. The largest absolute Gasteiger partial charge is 0.481 e. The summed E-state index contributed by atoms with van der Waals surface area (Å²) in [7, 11) is -3.30. The number of hydrogen-bond acceptors (Lipinski definition) is 6. The zero-order valence-electron chi connectivity index (χ0n) is 19.8. The van der Waals surface area contributed by atoms with E-state index in [0.29, 0.717) is 0 Å². The van der Waals surface area contributed by atoms with Crippen LogP contribution in [0.25, 0.3) is 11.1 Å². The van der Waals surface area contributed by atoms with E-state index in [0.717, 1.165) is 28.5 Å². The van der Waals surface area contributed by atoms with Crippen molar-refractivity contribution < 1.29 is 32.6 Å². The van der Waals surface area contributed by atoms with Gasteiger partial charge < -0.3 is 20.1 Å². The second-order valence-electron chi connectivity index (χ2n) is 8.50. The molecule has 10 heteroatoms. The first-order chi connectivity index (χ1) is 16.6. The number of fused-ring (bicyclic) bond motifs is 3. The van der Waals surface area contributed by atoms with Gasteiger partial charge in [-0.25, -0.2) is 13.2 Å². The molecule has 0 fully saturated rings. The fourth-order valence-corrected chi connectivity index (χ4v) is 4.78. The molecule has 1 atom stereocenters. The van der Waals surface area contributed by atoms with Gasteiger partial charge in [0.15, 0.2) is 0 Å². The van der Waals surface area contributed by atoms with Gasteiger partial charge in [0.1, 0.15) is 22.5 Å². The molecule has 188 valence electrons. The Morgan fingerprint density at radius 1 is 1.06 bits per heavy atom. The number of sulfone groups is 1. The van der Waals surface area contributed by atoms with E-state index in [2.05, 4.69) is 5.32 Å². The van der Waals surface area contributed by atoms with Crippen LogP contribution in [0.2, 0.25) is 0 Å². The van der Waals surface area contributed by atoms with Crippen LogP contribution in [-0.4, -0.2) is 74.1 Å². The summed E-state index contributed by atoms with van der Waals surface area (Å²) in [5, 5.41) is 11.6. The van der Waals surface area contributed by atoms with E-state index in [9.17, 15) is 22.8 Å². The van der Waals surface area contributed by atoms with Crippen molar-refractivity contribution in [2.75, 3.05) is 31.7 Å². The Hall–Kier alpha value is -3.40. The van der Waals surface area contributed by atoms with Crippen LogP contribution in [0.1, 0.15) is 36.8 Å². The Morgan fingerprint density at radius 3 is 2.14 bits per heavy atom. The summed E-state index contributed by atoms with van der Waals surface area (Å²) in [6, 6.07) is 14.6. The van der Waals surface area contributed by atoms with Gasteiger partial charge in [-0.1, -0.05) is 48.5 Å². The zero-order valence-corrected chi connectivity index (χ0v) is 20.6. The van der Waals surface area contributed by atoms with Crippen LogP contribution in [0, 0.1) is 0 Å². The molecule has 1 aliphatic rings. The molecule has 0 aromatic heterocycles. The number of hydrogen-bond donors (Lipinski definition) is 2. The van der Waals surface area contributed by atoms with Crippen molar-refractivity contribution in [3.8, 4) is 11.1 Å². The highest BCUT2D eigenvalue weighted by Crippen LogP contribution is 2.44. The quantitative estimate of drug-likeness (QED) is 0.483.